The number of hydrogen-bond donors (Lipinski definition) is 0. The van der Waals surface area contributed by atoms with E-state index in [4.69, 9.17) is 4.84 Å². The Balaban J connectivity index is 1.67. The van der Waals surface area contributed by atoms with Crippen LogP contribution in [-0.2, 0) is 16.2 Å². The monoisotopic (exact) mass is 364 g/mol. The lowest BCUT2D eigenvalue weighted by molar-refractivity contribution is -0.133. The van der Waals surface area contributed by atoms with Crippen molar-refractivity contribution in [1.29, 1.82) is 0 Å². The van der Waals surface area contributed by atoms with E-state index in [9.17, 15) is 13.6 Å². The van der Waals surface area contributed by atoms with Gasteiger partial charge in [0.15, 0.2) is 6.10 Å². The number of oxime groups is 1. The van der Waals surface area contributed by atoms with Crippen LogP contribution in [0.4, 0.5) is 8.78 Å². The van der Waals surface area contributed by atoms with E-state index in [-0.39, 0.29) is 24.1 Å². The number of amides is 1. The van der Waals surface area contributed by atoms with Crippen molar-refractivity contribution in [2.24, 2.45) is 5.16 Å². The molecule has 1 aromatic carbocycles. The van der Waals surface area contributed by atoms with E-state index in [1.165, 1.54) is 17.0 Å². The van der Waals surface area contributed by atoms with Crippen molar-refractivity contribution in [2.45, 2.75) is 32.4 Å². The molecular formula is C18H18F2N2O2S. The summed E-state index contributed by atoms with van der Waals surface area (Å²) in [5.74, 6) is -1.41. The van der Waals surface area contributed by atoms with Crippen molar-refractivity contribution in [2.75, 3.05) is 6.54 Å². The van der Waals surface area contributed by atoms with E-state index in [0.29, 0.717) is 19.4 Å². The van der Waals surface area contributed by atoms with Gasteiger partial charge in [-0.15, -0.1) is 11.3 Å². The Hall–Kier alpha value is -2.28. The SMILES string of the molecule is CCC(=O)N(Cc1ccc(F)cc1F)CC1CC(c2cccs2)=NO1. The van der Waals surface area contributed by atoms with Crippen LogP contribution in [0.3, 0.4) is 0 Å². The zero-order valence-electron chi connectivity index (χ0n) is 13.7. The highest BCUT2D eigenvalue weighted by Crippen LogP contribution is 2.22. The highest BCUT2D eigenvalue weighted by molar-refractivity contribution is 7.12. The molecule has 1 unspecified atom stereocenters. The van der Waals surface area contributed by atoms with Gasteiger partial charge in [0, 0.05) is 31.0 Å². The summed E-state index contributed by atoms with van der Waals surface area (Å²) in [5, 5.41) is 6.07. The lowest BCUT2D eigenvalue weighted by Gasteiger charge is -2.24. The Morgan fingerprint density at radius 1 is 1.40 bits per heavy atom. The summed E-state index contributed by atoms with van der Waals surface area (Å²) in [6.07, 6.45) is 0.629. The molecule has 2 heterocycles. The van der Waals surface area contributed by atoms with Crippen LogP contribution in [0.2, 0.25) is 0 Å². The Morgan fingerprint density at radius 2 is 2.24 bits per heavy atom. The fourth-order valence-corrected chi connectivity index (χ4v) is 3.41. The number of nitrogens with zero attached hydrogens (tertiary/aromatic N) is 2. The Labute approximate surface area is 148 Å². The van der Waals surface area contributed by atoms with Gasteiger partial charge in [0.1, 0.15) is 17.3 Å². The molecule has 25 heavy (non-hydrogen) atoms. The van der Waals surface area contributed by atoms with Crippen molar-refractivity contribution < 1.29 is 18.4 Å². The molecule has 2 aromatic rings. The first-order valence-corrected chi connectivity index (χ1v) is 8.93. The maximum absolute atomic E-state index is 13.9. The highest BCUT2D eigenvalue weighted by Gasteiger charge is 2.27. The fraction of sp³-hybridized carbons (Fsp3) is 0.333. The molecule has 0 N–H and O–H groups in total. The normalized spacial score (nSPS) is 16.4. The molecule has 7 heteroatoms. The Bertz CT molecular complexity index is 777. The molecule has 0 aliphatic carbocycles. The van der Waals surface area contributed by atoms with Gasteiger partial charge in [0.25, 0.3) is 0 Å². The second-order valence-electron chi connectivity index (χ2n) is 5.81. The van der Waals surface area contributed by atoms with E-state index in [1.54, 1.807) is 18.3 Å². The Kier molecular flexibility index (Phi) is 5.43. The van der Waals surface area contributed by atoms with E-state index >= 15 is 0 Å². The second-order valence-corrected chi connectivity index (χ2v) is 6.76. The predicted octanol–water partition coefficient (Wildman–Crippen LogP) is 3.96. The molecule has 1 amide bonds. The minimum absolute atomic E-state index is 0.0764. The van der Waals surface area contributed by atoms with E-state index in [1.807, 2.05) is 17.5 Å². The molecule has 0 saturated carbocycles. The molecule has 0 radical (unpaired) electrons. The van der Waals surface area contributed by atoms with Crippen LogP contribution < -0.4 is 0 Å². The number of halogens is 2. The fourth-order valence-electron chi connectivity index (χ4n) is 2.69. The molecule has 1 aliphatic rings. The minimum atomic E-state index is -0.656. The van der Waals surface area contributed by atoms with Crippen LogP contribution in [-0.4, -0.2) is 29.2 Å². The lowest BCUT2D eigenvalue weighted by Crippen LogP contribution is -2.37. The lowest BCUT2D eigenvalue weighted by atomic mass is 10.1. The second kappa shape index (κ2) is 7.74. The summed E-state index contributed by atoms with van der Waals surface area (Å²) in [5.41, 5.74) is 1.14. The zero-order chi connectivity index (χ0) is 17.8. The van der Waals surface area contributed by atoms with Crippen LogP contribution in [0.25, 0.3) is 0 Å². The molecule has 3 rings (SSSR count). The third kappa shape index (κ3) is 4.22. The average molecular weight is 364 g/mol. The van der Waals surface area contributed by atoms with Crippen LogP contribution in [0.15, 0.2) is 40.9 Å². The summed E-state index contributed by atoms with van der Waals surface area (Å²) in [4.78, 5) is 20.3. The van der Waals surface area contributed by atoms with Gasteiger partial charge in [-0.25, -0.2) is 8.78 Å². The van der Waals surface area contributed by atoms with Gasteiger partial charge in [0.05, 0.1) is 11.4 Å². The van der Waals surface area contributed by atoms with E-state index < -0.39 is 11.6 Å². The summed E-state index contributed by atoms with van der Waals surface area (Å²) in [7, 11) is 0. The third-order valence-corrected chi connectivity index (χ3v) is 4.91. The van der Waals surface area contributed by atoms with Crippen LogP contribution in [0.5, 0.6) is 0 Å². The zero-order valence-corrected chi connectivity index (χ0v) is 14.6. The number of thiophene rings is 1. The van der Waals surface area contributed by atoms with Gasteiger partial charge in [-0.1, -0.05) is 24.2 Å². The van der Waals surface area contributed by atoms with Crippen LogP contribution in [0.1, 0.15) is 30.2 Å². The number of carbonyl (C=O) groups is 1. The standard InChI is InChI=1S/C18H18F2N2O2S/c1-2-18(23)22(10-12-5-6-13(19)8-15(12)20)11-14-9-16(21-24-14)17-4-3-7-25-17/h3-8,14H,2,9-11H2,1H3. The summed E-state index contributed by atoms with van der Waals surface area (Å²) in [6, 6.07) is 7.30. The highest BCUT2D eigenvalue weighted by atomic mass is 32.1. The molecule has 1 atom stereocenters. The van der Waals surface area contributed by atoms with Crippen molar-refractivity contribution >= 4 is 23.0 Å². The van der Waals surface area contributed by atoms with Crippen LogP contribution in [0, 0.1) is 11.6 Å². The van der Waals surface area contributed by atoms with Gasteiger partial charge < -0.3 is 9.74 Å². The number of carbonyl (C=O) groups excluding carboxylic acids is 1. The number of hydrogen-bond acceptors (Lipinski definition) is 4. The average Bonchev–Trinajstić information content (AvgIpc) is 3.27. The van der Waals surface area contributed by atoms with Gasteiger partial charge in [-0.05, 0) is 17.5 Å². The molecule has 132 valence electrons. The first-order valence-electron chi connectivity index (χ1n) is 8.05. The molecular weight excluding hydrogens is 346 g/mol. The smallest absolute Gasteiger partial charge is 0.222 e. The number of rotatable bonds is 6. The van der Waals surface area contributed by atoms with Crippen molar-refractivity contribution in [3.8, 4) is 0 Å². The van der Waals surface area contributed by atoms with Gasteiger partial charge in [0.2, 0.25) is 5.91 Å². The molecule has 1 aromatic heterocycles. The van der Waals surface area contributed by atoms with E-state index in [0.717, 1.165) is 16.7 Å². The minimum Gasteiger partial charge on any atom is -0.390 e. The topological polar surface area (TPSA) is 41.9 Å². The van der Waals surface area contributed by atoms with Gasteiger partial charge in [-0.3, -0.25) is 4.79 Å². The molecule has 0 saturated heterocycles. The van der Waals surface area contributed by atoms with Crippen molar-refractivity contribution in [3.63, 3.8) is 0 Å². The predicted molar refractivity (Wildman–Crippen MR) is 92.4 cm³/mol. The van der Waals surface area contributed by atoms with Gasteiger partial charge in [-0.2, -0.15) is 0 Å². The molecule has 1 aliphatic heterocycles. The van der Waals surface area contributed by atoms with Crippen molar-refractivity contribution in [1.82, 2.24) is 4.90 Å². The maximum Gasteiger partial charge on any atom is 0.222 e. The third-order valence-electron chi connectivity index (χ3n) is 3.99. The van der Waals surface area contributed by atoms with E-state index in [2.05, 4.69) is 5.16 Å². The molecule has 0 fully saturated rings. The number of benzene rings is 1. The summed E-state index contributed by atoms with van der Waals surface area (Å²) >= 11 is 1.58. The first-order chi connectivity index (χ1) is 12.1. The first kappa shape index (κ1) is 17.5. The summed E-state index contributed by atoms with van der Waals surface area (Å²) < 4.78 is 27.0. The molecule has 0 spiro atoms. The quantitative estimate of drug-likeness (QED) is 0.779. The maximum atomic E-state index is 13.9. The van der Waals surface area contributed by atoms with Crippen LogP contribution >= 0.6 is 11.3 Å². The van der Waals surface area contributed by atoms with Gasteiger partial charge >= 0.3 is 0 Å². The largest absolute Gasteiger partial charge is 0.390 e. The molecule has 0 bridgehead atoms. The molecule has 4 nitrogen and oxygen atoms in total. The Morgan fingerprint density at radius 3 is 2.92 bits per heavy atom. The van der Waals surface area contributed by atoms with Crippen molar-refractivity contribution in [3.05, 3.63) is 57.8 Å². The summed E-state index contributed by atoms with van der Waals surface area (Å²) in [6.45, 7) is 2.13.